The minimum atomic E-state index is -0.525. The molecule has 1 aromatic rings. The summed E-state index contributed by atoms with van der Waals surface area (Å²) in [5, 5.41) is 19.7. The van der Waals surface area contributed by atoms with Gasteiger partial charge in [0.1, 0.15) is 6.07 Å². The van der Waals surface area contributed by atoms with Gasteiger partial charge >= 0.3 is 0 Å². The summed E-state index contributed by atoms with van der Waals surface area (Å²) in [6, 6.07) is 3.04. The van der Waals surface area contributed by atoms with Crippen molar-refractivity contribution in [2.24, 2.45) is 7.05 Å². The predicted molar refractivity (Wildman–Crippen MR) is 40.6 cm³/mol. The average molecular weight is 163 g/mol. The predicted octanol–water partition coefficient (Wildman–Crippen LogP) is -0.361. The van der Waals surface area contributed by atoms with Crippen molar-refractivity contribution in [2.45, 2.75) is 6.92 Å². The second-order valence-corrected chi connectivity index (χ2v) is 2.52. The molecular formula is C8H7N2O2-. The van der Waals surface area contributed by atoms with Gasteiger partial charge < -0.3 is 9.67 Å². The first-order valence-electron chi connectivity index (χ1n) is 3.35. The maximum Gasteiger partial charge on any atom is 0.250 e. The van der Waals surface area contributed by atoms with Gasteiger partial charge in [0, 0.05) is 13.1 Å². The summed E-state index contributed by atoms with van der Waals surface area (Å²) in [4.78, 5) is 11.0. The topological polar surface area (TPSA) is 68.8 Å². The van der Waals surface area contributed by atoms with Crippen LogP contribution in [0.4, 0.5) is 0 Å². The Labute approximate surface area is 69.3 Å². The molecule has 1 rings (SSSR count). The van der Waals surface area contributed by atoms with Gasteiger partial charge in [0.15, 0.2) is 0 Å². The third kappa shape index (κ3) is 1.05. The Kier molecular flexibility index (Phi) is 1.88. The maximum atomic E-state index is 11.2. The second kappa shape index (κ2) is 2.70. The molecule has 0 unspecified atom stereocenters. The van der Waals surface area contributed by atoms with E-state index < -0.39 is 5.88 Å². The highest BCUT2D eigenvalue weighted by Gasteiger charge is 2.01. The van der Waals surface area contributed by atoms with Gasteiger partial charge in [0.25, 0.3) is 0 Å². The molecule has 0 amide bonds. The van der Waals surface area contributed by atoms with Crippen LogP contribution in [0.2, 0.25) is 0 Å². The minimum absolute atomic E-state index is 0.0390. The highest BCUT2D eigenvalue weighted by molar-refractivity contribution is 5.42. The van der Waals surface area contributed by atoms with E-state index in [1.165, 1.54) is 13.1 Å². The van der Waals surface area contributed by atoms with E-state index in [1.807, 2.05) is 0 Å². The third-order valence-corrected chi connectivity index (χ3v) is 1.70. The van der Waals surface area contributed by atoms with Crippen molar-refractivity contribution in [2.75, 3.05) is 0 Å². The lowest BCUT2D eigenvalue weighted by Crippen LogP contribution is -2.21. The Balaban J connectivity index is 3.66. The highest BCUT2D eigenvalue weighted by Crippen LogP contribution is 2.12. The van der Waals surface area contributed by atoms with E-state index in [-0.39, 0.29) is 11.1 Å². The number of nitriles is 1. The van der Waals surface area contributed by atoms with Gasteiger partial charge in [-0.15, -0.1) is 0 Å². The van der Waals surface area contributed by atoms with Crippen molar-refractivity contribution < 1.29 is 5.11 Å². The van der Waals surface area contributed by atoms with Gasteiger partial charge in [-0.05, 0) is 18.4 Å². The van der Waals surface area contributed by atoms with E-state index in [1.54, 1.807) is 13.0 Å². The number of aryl methyl sites for hydroxylation is 1. The molecule has 0 saturated heterocycles. The molecule has 1 aromatic heterocycles. The van der Waals surface area contributed by atoms with Crippen LogP contribution < -0.4 is 10.7 Å². The van der Waals surface area contributed by atoms with Crippen LogP contribution in [0.3, 0.4) is 0 Å². The zero-order valence-corrected chi connectivity index (χ0v) is 6.79. The molecule has 0 aliphatic carbocycles. The first kappa shape index (κ1) is 8.34. The summed E-state index contributed by atoms with van der Waals surface area (Å²) in [5.74, 6) is -0.525. The van der Waals surface area contributed by atoms with E-state index in [2.05, 4.69) is 0 Å². The molecule has 0 saturated carbocycles. The van der Waals surface area contributed by atoms with Crippen molar-refractivity contribution in [3.05, 3.63) is 27.5 Å². The van der Waals surface area contributed by atoms with E-state index in [0.29, 0.717) is 5.56 Å². The summed E-state index contributed by atoms with van der Waals surface area (Å²) >= 11 is 0. The fourth-order valence-corrected chi connectivity index (χ4v) is 0.927. The van der Waals surface area contributed by atoms with Crippen LogP contribution in [0, 0.1) is 18.3 Å². The molecule has 0 bridgehead atoms. The molecule has 4 nitrogen and oxygen atoms in total. The second-order valence-electron chi connectivity index (χ2n) is 2.52. The smallest absolute Gasteiger partial charge is 0.250 e. The van der Waals surface area contributed by atoms with Gasteiger partial charge in [-0.2, -0.15) is 5.26 Å². The van der Waals surface area contributed by atoms with Crippen LogP contribution in [-0.2, 0) is 7.05 Å². The van der Waals surface area contributed by atoms with E-state index >= 15 is 0 Å². The van der Waals surface area contributed by atoms with Crippen LogP contribution >= 0.6 is 0 Å². The zero-order chi connectivity index (χ0) is 9.30. The van der Waals surface area contributed by atoms with Crippen molar-refractivity contribution >= 4 is 0 Å². The molecule has 0 fully saturated rings. The molecular weight excluding hydrogens is 156 g/mol. The molecule has 0 radical (unpaired) electrons. The van der Waals surface area contributed by atoms with Crippen molar-refractivity contribution in [1.82, 2.24) is 4.57 Å². The molecule has 12 heavy (non-hydrogen) atoms. The van der Waals surface area contributed by atoms with Gasteiger partial charge in [-0.25, -0.2) is 0 Å². The number of hydrogen-bond acceptors (Lipinski definition) is 3. The summed E-state index contributed by atoms with van der Waals surface area (Å²) in [6.07, 6.45) is 0. The van der Waals surface area contributed by atoms with Crippen LogP contribution in [0.1, 0.15) is 11.1 Å². The van der Waals surface area contributed by atoms with Gasteiger partial charge in [-0.1, -0.05) is 0 Å². The normalized spacial score (nSPS) is 9.42. The largest absolute Gasteiger partial charge is 0.859 e. The molecule has 0 N–H and O–H groups in total. The molecule has 0 aliphatic heterocycles. The molecule has 0 spiro atoms. The standard InChI is InChI=1S/C8H8N2O2/c1-5-3-7(11)10(2)8(12)6(5)4-9/h3,12H,1-2H3/p-1. The Bertz CT molecular complexity index is 412. The van der Waals surface area contributed by atoms with Crippen LogP contribution in [-0.4, -0.2) is 4.57 Å². The third-order valence-electron chi connectivity index (χ3n) is 1.70. The average Bonchev–Trinajstić information content (AvgIpc) is 2.01. The van der Waals surface area contributed by atoms with E-state index in [9.17, 15) is 9.90 Å². The lowest BCUT2D eigenvalue weighted by atomic mass is 10.2. The molecule has 0 aliphatic rings. The lowest BCUT2D eigenvalue weighted by molar-refractivity contribution is -0.279. The highest BCUT2D eigenvalue weighted by atomic mass is 16.3. The molecule has 4 heteroatoms. The maximum absolute atomic E-state index is 11.2. The first-order valence-corrected chi connectivity index (χ1v) is 3.35. The van der Waals surface area contributed by atoms with Gasteiger partial charge in [0.2, 0.25) is 5.56 Å². The van der Waals surface area contributed by atoms with Crippen molar-refractivity contribution in [3.8, 4) is 11.9 Å². The zero-order valence-electron chi connectivity index (χ0n) is 6.79. The minimum Gasteiger partial charge on any atom is -0.859 e. The van der Waals surface area contributed by atoms with Gasteiger partial charge in [-0.3, -0.25) is 4.79 Å². The molecule has 62 valence electrons. The van der Waals surface area contributed by atoms with Crippen LogP contribution in [0.15, 0.2) is 10.9 Å². The van der Waals surface area contributed by atoms with E-state index in [0.717, 1.165) is 4.57 Å². The Morgan fingerprint density at radius 1 is 1.67 bits per heavy atom. The van der Waals surface area contributed by atoms with E-state index in [4.69, 9.17) is 5.26 Å². The quantitative estimate of drug-likeness (QED) is 0.524. The number of rotatable bonds is 0. The number of pyridine rings is 1. The monoisotopic (exact) mass is 163 g/mol. The molecule has 0 atom stereocenters. The fourth-order valence-electron chi connectivity index (χ4n) is 0.927. The summed E-state index contributed by atoms with van der Waals surface area (Å²) in [6.45, 7) is 1.57. The Hall–Kier alpha value is -1.76. The molecule has 0 aromatic carbocycles. The number of hydrogen-bond donors (Lipinski definition) is 0. The Morgan fingerprint density at radius 2 is 2.25 bits per heavy atom. The fraction of sp³-hybridized carbons (Fsp3) is 0.250. The number of aromatic nitrogens is 1. The lowest BCUT2D eigenvalue weighted by Gasteiger charge is -2.14. The van der Waals surface area contributed by atoms with Crippen LogP contribution in [0.5, 0.6) is 5.88 Å². The number of nitrogens with zero attached hydrogens (tertiary/aromatic N) is 2. The SMILES string of the molecule is Cc1cc(=O)n(C)c([O-])c1C#N. The molecule has 1 heterocycles. The first-order chi connectivity index (χ1) is 5.57. The van der Waals surface area contributed by atoms with Crippen LogP contribution in [0.25, 0.3) is 0 Å². The Morgan fingerprint density at radius 3 is 2.75 bits per heavy atom. The summed E-state index contributed by atoms with van der Waals surface area (Å²) in [5.41, 5.74) is 0.0965. The van der Waals surface area contributed by atoms with Crippen molar-refractivity contribution in [1.29, 1.82) is 5.26 Å². The van der Waals surface area contributed by atoms with Crippen molar-refractivity contribution in [3.63, 3.8) is 0 Å². The van der Waals surface area contributed by atoms with Gasteiger partial charge in [0.05, 0.1) is 5.56 Å². The summed E-state index contributed by atoms with van der Waals surface area (Å²) in [7, 11) is 1.35. The summed E-state index contributed by atoms with van der Waals surface area (Å²) < 4.78 is 0.922.